The number of allylic oxidation sites excluding steroid dienone is 7. The summed E-state index contributed by atoms with van der Waals surface area (Å²) in [7, 11) is 4.54. The summed E-state index contributed by atoms with van der Waals surface area (Å²) in [5.41, 5.74) is 12.3. The van der Waals surface area contributed by atoms with Crippen molar-refractivity contribution in [2.45, 2.75) is 124 Å². The van der Waals surface area contributed by atoms with Gasteiger partial charge in [-0.1, -0.05) is 96.1 Å². The van der Waals surface area contributed by atoms with E-state index in [1.54, 1.807) is 5.01 Å². The smallest absolute Gasteiger partial charge is 0.0528 e. The predicted molar refractivity (Wildman–Crippen MR) is 226 cm³/mol. The van der Waals surface area contributed by atoms with Crippen LogP contribution in [0.2, 0.25) is 0 Å². The van der Waals surface area contributed by atoms with Crippen molar-refractivity contribution < 1.29 is 0 Å². The van der Waals surface area contributed by atoms with E-state index in [2.05, 4.69) is 115 Å². The zero-order chi connectivity index (χ0) is 37.7. The molecule has 3 rings (SSSR count). The molecule has 6 nitrogen and oxygen atoms in total. The Kier molecular flexibility index (Phi) is 18.7. The number of thioether (sulfide) groups is 1. The molecule has 3 aliphatic rings. The highest BCUT2D eigenvalue weighted by Gasteiger charge is 2.37. The topological polar surface area (TPSA) is 82.6 Å². The Hall–Kier alpha value is -1.77. The molecule has 6 N–H and O–H groups in total. The molecule has 0 spiro atoms. The van der Waals surface area contributed by atoms with E-state index in [-0.39, 0.29) is 0 Å². The fourth-order valence-electron chi connectivity index (χ4n) is 8.89. The largest absolute Gasteiger partial charge is 0.397 e. The lowest BCUT2D eigenvalue weighted by Gasteiger charge is -2.45. The van der Waals surface area contributed by atoms with Crippen LogP contribution in [0, 0.1) is 41.4 Å². The van der Waals surface area contributed by atoms with E-state index < -0.39 is 0 Å². The number of rotatable bonds is 12. The summed E-state index contributed by atoms with van der Waals surface area (Å²) in [4.78, 5) is 2.47. The van der Waals surface area contributed by atoms with E-state index >= 15 is 0 Å². The summed E-state index contributed by atoms with van der Waals surface area (Å²) >= 11 is 1.82. The summed E-state index contributed by atoms with van der Waals surface area (Å²) < 4.78 is 0. The quantitative estimate of drug-likeness (QED) is 0.0693. The molecular weight excluding hydrogens is 645 g/mol. The third kappa shape index (κ3) is 14.2. The molecular formula is C44H78N6S. The third-order valence-electron chi connectivity index (χ3n) is 12.7. The lowest BCUT2D eigenvalue weighted by molar-refractivity contribution is 0.0835. The second-order valence-electron chi connectivity index (χ2n) is 17.1. The summed E-state index contributed by atoms with van der Waals surface area (Å²) in [6.07, 6.45) is 19.2. The van der Waals surface area contributed by atoms with Gasteiger partial charge in [-0.3, -0.25) is 0 Å². The van der Waals surface area contributed by atoms with Gasteiger partial charge in [-0.25, -0.2) is 5.84 Å². The van der Waals surface area contributed by atoms with Gasteiger partial charge in [-0.15, -0.1) is 11.8 Å². The number of nitrogens with one attached hydrogen (secondary N) is 2. The normalized spacial score (nSPS) is 35.4. The minimum Gasteiger partial charge on any atom is -0.397 e. The number of hydrogen-bond donors (Lipinski definition) is 4. The fourth-order valence-corrected chi connectivity index (χ4v) is 9.80. The van der Waals surface area contributed by atoms with Gasteiger partial charge in [0.15, 0.2) is 0 Å². The van der Waals surface area contributed by atoms with Crippen molar-refractivity contribution in [1.82, 2.24) is 20.5 Å². The highest BCUT2D eigenvalue weighted by molar-refractivity contribution is 8.02. The van der Waals surface area contributed by atoms with Gasteiger partial charge in [0.2, 0.25) is 0 Å². The van der Waals surface area contributed by atoms with Gasteiger partial charge in [0.25, 0.3) is 0 Å². The average Bonchev–Trinajstić information content (AvgIpc) is 3.63. The van der Waals surface area contributed by atoms with Crippen LogP contribution in [-0.2, 0) is 0 Å². The Morgan fingerprint density at radius 3 is 2.41 bits per heavy atom. The maximum Gasteiger partial charge on any atom is 0.0528 e. The second-order valence-corrected chi connectivity index (χ2v) is 18.0. The minimum absolute atomic E-state index is 0.398. The van der Waals surface area contributed by atoms with Crippen LogP contribution in [0.25, 0.3) is 0 Å². The highest BCUT2D eigenvalue weighted by Crippen LogP contribution is 2.36. The first-order valence-corrected chi connectivity index (χ1v) is 21.4. The zero-order valence-corrected chi connectivity index (χ0v) is 35.0. The van der Waals surface area contributed by atoms with Crippen molar-refractivity contribution in [3.63, 3.8) is 0 Å². The molecule has 0 bridgehead atoms. The molecule has 0 saturated heterocycles. The maximum absolute atomic E-state index is 6.35. The lowest BCUT2D eigenvalue weighted by Crippen LogP contribution is -2.54. The van der Waals surface area contributed by atoms with Gasteiger partial charge in [-0.2, -0.15) is 0 Å². The standard InChI is InChI=1S/C44H78N6S/c1-12-38-24-31(3)14-16-33(5)44(48-41-26-35(7)37(9)43(27-41)49(10)11)39(25-34(6)32(4)15-13-30(2)23-36(38)8)17-19-47-20-21-50(46)28-42(45)40-18-22-51-29-40/h13,15,23,28-29,33-39,41,43-44,47-48H,3-4,12,14,16-22,24-27,45-46H2,1-2,5-11H3/b15-13+,30-23+,42-28-/t33-,34+,35-,36-,37?,38-,39-,41+,43?,44?/m0/s1. The molecule has 2 aliphatic carbocycles. The lowest BCUT2D eigenvalue weighted by atomic mass is 9.73. The van der Waals surface area contributed by atoms with E-state index in [1.165, 1.54) is 48.0 Å². The average molecular weight is 723 g/mol. The molecule has 0 aromatic rings. The molecule has 1 fully saturated rings. The van der Waals surface area contributed by atoms with Crippen LogP contribution in [0.4, 0.5) is 0 Å². The molecule has 0 amide bonds. The van der Waals surface area contributed by atoms with Crippen LogP contribution in [0.1, 0.15) is 106 Å². The molecule has 0 aromatic heterocycles. The highest BCUT2D eigenvalue weighted by atomic mass is 32.2. The van der Waals surface area contributed by atoms with Crippen molar-refractivity contribution in [2.75, 3.05) is 39.5 Å². The Bertz CT molecular complexity index is 1220. The number of nitrogens with zero attached hydrogens (tertiary/aromatic N) is 2. The molecule has 51 heavy (non-hydrogen) atoms. The van der Waals surface area contributed by atoms with Crippen LogP contribution in [-0.4, -0.2) is 67.5 Å². The second kappa shape index (κ2) is 21.8. The number of hydrazine groups is 1. The van der Waals surface area contributed by atoms with Crippen molar-refractivity contribution in [3.8, 4) is 0 Å². The molecule has 290 valence electrons. The van der Waals surface area contributed by atoms with E-state index in [0.29, 0.717) is 59.6 Å². The first-order valence-electron chi connectivity index (χ1n) is 20.3. The first-order chi connectivity index (χ1) is 24.2. The van der Waals surface area contributed by atoms with Crippen molar-refractivity contribution >= 4 is 11.8 Å². The molecule has 0 radical (unpaired) electrons. The Morgan fingerprint density at radius 1 is 1.00 bits per heavy atom. The number of nitrogens with two attached hydrogens (primary N) is 2. The van der Waals surface area contributed by atoms with E-state index in [1.807, 2.05) is 18.0 Å². The van der Waals surface area contributed by atoms with Crippen LogP contribution in [0.3, 0.4) is 0 Å². The van der Waals surface area contributed by atoms with Gasteiger partial charge < -0.3 is 26.3 Å². The van der Waals surface area contributed by atoms with Gasteiger partial charge in [0.05, 0.1) is 5.70 Å². The van der Waals surface area contributed by atoms with Crippen LogP contribution >= 0.6 is 11.8 Å². The van der Waals surface area contributed by atoms with E-state index in [4.69, 9.17) is 11.6 Å². The van der Waals surface area contributed by atoms with Gasteiger partial charge in [-0.05, 0) is 131 Å². The Morgan fingerprint density at radius 2 is 1.75 bits per heavy atom. The van der Waals surface area contributed by atoms with Crippen LogP contribution < -0.4 is 22.2 Å². The summed E-state index contributed by atoms with van der Waals surface area (Å²) in [5.74, 6) is 11.5. The minimum atomic E-state index is 0.398. The molecule has 1 heterocycles. The predicted octanol–water partition coefficient (Wildman–Crippen LogP) is 9.03. The maximum atomic E-state index is 6.35. The van der Waals surface area contributed by atoms with Crippen LogP contribution in [0.5, 0.6) is 0 Å². The SMILES string of the molecule is C=C1CC[C@H](C)C(N[C@H]2CC(N(C)C)C(C)[C@@H](C)C2)[C@@H](CCNCCN(N)/C=C(\N)C2=CSCC2)C[C@@H](C)C(=C)/C=C/C(C)=C/[C@H](C)[C@@H](CC)C1. The molecule has 1 aliphatic heterocycles. The summed E-state index contributed by atoms with van der Waals surface area (Å²) in [5, 5.41) is 12.0. The van der Waals surface area contributed by atoms with E-state index in [9.17, 15) is 0 Å². The fraction of sp³-hybridized carbons (Fsp3) is 0.727. The molecule has 7 heteroatoms. The number of hydrogen-bond acceptors (Lipinski definition) is 7. The van der Waals surface area contributed by atoms with Gasteiger partial charge in [0, 0.05) is 43.2 Å². The van der Waals surface area contributed by atoms with Crippen molar-refractivity contribution in [3.05, 3.63) is 71.0 Å². The molecule has 10 atom stereocenters. The summed E-state index contributed by atoms with van der Waals surface area (Å²) in [6.45, 7) is 28.6. The summed E-state index contributed by atoms with van der Waals surface area (Å²) in [6, 6.07) is 1.55. The molecule has 1 saturated carbocycles. The molecule has 3 unspecified atom stereocenters. The third-order valence-corrected chi connectivity index (χ3v) is 13.6. The van der Waals surface area contributed by atoms with Crippen molar-refractivity contribution in [2.24, 2.45) is 53.0 Å². The zero-order valence-electron chi connectivity index (χ0n) is 34.2. The Labute approximate surface area is 319 Å². The monoisotopic (exact) mass is 723 g/mol. The first kappa shape index (κ1) is 43.6. The van der Waals surface area contributed by atoms with Crippen molar-refractivity contribution in [1.29, 1.82) is 0 Å². The Balaban J connectivity index is 1.83. The van der Waals surface area contributed by atoms with E-state index in [0.717, 1.165) is 63.2 Å². The van der Waals surface area contributed by atoms with Crippen LogP contribution in [0.15, 0.2) is 71.0 Å². The van der Waals surface area contributed by atoms with Gasteiger partial charge in [0.1, 0.15) is 0 Å². The van der Waals surface area contributed by atoms with Gasteiger partial charge >= 0.3 is 0 Å². The molecule has 0 aromatic carbocycles.